The molecule has 37 heavy (non-hydrogen) atoms. The lowest BCUT2D eigenvalue weighted by Gasteiger charge is -2.32. The van der Waals surface area contributed by atoms with Crippen LogP contribution in [0, 0.1) is 6.92 Å². The third kappa shape index (κ3) is 3.40. The van der Waals surface area contributed by atoms with Crippen LogP contribution < -0.4 is 4.90 Å². The number of carbonyl (C=O) groups is 1. The van der Waals surface area contributed by atoms with Crippen LogP contribution >= 0.6 is 0 Å². The predicted molar refractivity (Wildman–Crippen MR) is 149 cm³/mol. The molecule has 0 saturated heterocycles. The summed E-state index contributed by atoms with van der Waals surface area (Å²) in [6, 6.07) is 33.0. The first-order valence-electron chi connectivity index (χ1n) is 12.9. The lowest BCUT2D eigenvalue weighted by molar-refractivity contribution is 0.0257. The monoisotopic (exact) mass is 486 g/mol. The van der Waals surface area contributed by atoms with Crippen LogP contribution in [0.15, 0.2) is 103 Å². The van der Waals surface area contributed by atoms with Crippen molar-refractivity contribution in [1.82, 2.24) is 4.40 Å². The van der Waals surface area contributed by atoms with Gasteiger partial charge < -0.3 is 14.0 Å². The summed E-state index contributed by atoms with van der Waals surface area (Å²) in [5.74, 6) is -0.296. The van der Waals surface area contributed by atoms with E-state index >= 15 is 0 Å². The number of nitrogens with zero attached hydrogens (tertiary/aromatic N) is 2. The van der Waals surface area contributed by atoms with Gasteiger partial charge in [0.25, 0.3) is 0 Å². The molecular weight excluding hydrogens is 456 g/mol. The van der Waals surface area contributed by atoms with Gasteiger partial charge in [0.2, 0.25) is 0 Å². The van der Waals surface area contributed by atoms with Crippen LogP contribution in [0.4, 0.5) is 5.69 Å². The molecule has 4 nitrogen and oxygen atoms in total. The third-order valence-electron chi connectivity index (χ3n) is 7.68. The Morgan fingerprint density at radius 2 is 1.49 bits per heavy atom. The minimum Gasteiger partial charge on any atom is -0.440 e. The number of rotatable bonds is 6. The molecule has 184 valence electrons. The van der Waals surface area contributed by atoms with Gasteiger partial charge in [0.15, 0.2) is 5.60 Å². The first kappa shape index (κ1) is 23.1. The maximum absolute atomic E-state index is 13.4. The van der Waals surface area contributed by atoms with E-state index in [0.29, 0.717) is 5.56 Å². The predicted octanol–water partition coefficient (Wildman–Crippen LogP) is 7.22. The summed E-state index contributed by atoms with van der Waals surface area (Å²) in [7, 11) is 0. The van der Waals surface area contributed by atoms with Crippen molar-refractivity contribution in [3.05, 3.63) is 131 Å². The van der Waals surface area contributed by atoms with E-state index < -0.39 is 5.60 Å². The van der Waals surface area contributed by atoms with Crippen LogP contribution in [0.3, 0.4) is 0 Å². The van der Waals surface area contributed by atoms with Gasteiger partial charge in [-0.2, -0.15) is 0 Å². The summed E-state index contributed by atoms with van der Waals surface area (Å²) in [4.78, 5) is 15.8. The largest absolute Gasteiger partial charge is 0.440 e. The summed E-state index contributed by atoms with van der Waals surface area (Å²) in [5.41, 5.74) is 7.81. The van der Waals surface area contributed by atoms with Crippen molar-refractivity contribution in [2.24, 2.45) is 0 Å². The Bertz CT molecular complexity index is 1600. The zero-order valence-electron chi connectivity index (χ0n) is 21.4. The maximum Gasteiger partial charge on any atom is 0.340 e. The van der Waals surface area contributed by atoms with Crippen molar-refractivity contribution in [2.45, 2.75) is 26.4 Å². The van der Waals surface area contributed by atoms with E-state index in [2.05, 4.69) is 90.9 Å². The quantitative estimate of drug-likeness (QED) is 0.238. The number of hydrogen-bond acceptors (Lipinski definition) is 3. The van der Waals surface area contributed by atoms with E-state index in [4.69, 9.17) is 4.74 Å². The summed E-state index contributed by atoms with van der Waals surface area (Å²) in [5, 5.41) is 0. The Balaban J connectivity index is 1.72. The number of cyclic esters (lactones) is 1. The molecule has 0 N–H and O–H groups in total. The highest BCUT2D eigenvalue weighted by Crippen LogP contribution is 2.52. The second-order valence-corrected chi connectivity index (χ2v) is 9.49. The highest BCUT2D eigenvalue weighted by molar-refractivity contribution is 5.98. The van der Waals surface area contributed by atoms with Gasteiger partial charge in [0.05, 0.1) is 11.1 Å². The van der Waals surface area contributed by atoms with Gasteiger partial charge in [-0.05, 0) is 56.7 Å². The molecule has 0 aliphatic carbocycles. The second-order valence-electron chi connectivity index (χ2n) is 9.49. The van der Waals surface area contributed by atoms with Gasteiger partial charge in [-0.25, -0.2) is 4.79 Å². The molecule has 3 heterocycles. The van der Waals surface area contributed by atoms with Crippen LogP contribution in [0.25, 0.3) is 16.6 Å². The standard InChI is InChI=1S/C33H30N2O2/c1-4-34(5-2)26-20-18-25(19-21-26)33(28-16-10-9-15-27(28)32(36)37-33)31-29-17-11-12-22-35(29)23(3)30(31)24-13-7-6-8-14-24/h6-22H,4-5H2,1-3H3. The zero-order chi connectivity index (χ0) is 25.6. The van der Waals surface area contributed by atoms with Crippen molar-refractivity contribution in [3.8, 4) is 11.1 Å². The number of pyridine rings is 1. The first-order chi connectivity index (χ1) is 18.1. The van der Waals surface area contributed by atoms with Crippen molar-refractivity contribution in [2.75, 3.05) is 18.0 Å². The number of hydrogen-bond donors (Lipinski definition) is 0. The van der Waals surface area contributed by atoms with E-state index in [1.54, 1.807) is 0 Å². The van der Waals surface area contributed by atoms with Crippen molar-refractivity contribution >= 4 is 17.2 Å². The van der Waals surface area contributed by atoms with E-state index in [-0.39, 0.29) is 5.97 Å². The number of aromatic nitrogens is 1. The molecule has 3 aromatic carbocycles. The van der Waals surface area contributed by atoms with Gasteiger partial charge in [-0.3, -0.25) is 0 Å². The van der Waals surface area contributed by atoms with Gasteiger partial charge in [-0.1, -0.05) is 66.7 Å². The Labute approximate surface area is 217 Å². The van der Waals surface area contributed by atoms with Gasteiger partial charge in [0, 0.05) is 52.9 Å². The number of esters is 1. The number of aryl methyl sites for hydroxylation is 1. The van der Waals surface area contributed by atoms with Crippen molar-refractivity contribution in [3.63, 3.8) is 0 Å². The van der Waals surface area contributed by atoms with E-state index in [0.717, 1.165) is 57.8 Å². The average Bonchev–Trinajstić information content (AvgIpc) is 3.42. The van der Waals surface area contributed by atoms with Crippen LogP contribution in [-0.2, 0) is 10.3 Å². The van der Waals surface area contributed by atoms with Gasteiger partial charge in [-0.15, -0.1) is 0 Å². The van der Waals surface area contributed by atoms with Crippen LogP contribution in [0.2, 0.25) is 0 Å². The zero-order valence-corrected chi connectivity index (χ0v) is 21.4. The first-order valence-corrected chi connectivity index (χ1v) is 12.9. The van der Waals surface area contributed by atoms with E-state index in [1.165, 1.54) is 0 Å². The molecule has 1 aliphatic heterocycles. The molecule has 1 atom stereocenters. The molecule has 0 saturated carbocycles. The Morgan fingerprint density at radius 3 is 2.22 bits per heavy atom. The molecular formula is C33H30N2O2. The number of fused-ring (bicyclic) bond motifs is 2. The van der Waals surface area contributed by atoms with E-state index in [1.807, 2.05) is 42.5 Å². The number of benzene rings is 3. The minimum absolute atomic E-state index is 0.296. The molecule has 4 heteroatoms. The fourth-order valence-corrected chi connectivity index (χ4v) is 5.94. The Hall–Kier alpha value is -4.31. The van der Waals surface area contributed by atoms with Crippen molar-refractivity contribution in [1.29, 1.82) is 0 Å². The molecule has 0 bridgehead atoms. The van der Waals surface area contributed by atoms with Crippen LogP contribution in [-0.4, -0.2) is 23.5 Å². The van der Waals surface area contributed by atoms with Gasteiger partial charge in [0.1, 0.15) is 0 Å². The molecule has 5 aromatic rings. The Kier molecular flexibility index (Phi) is 5.60. The fourth-order valence-electron chi connectivity index (χ4n) is 5.94. The lowest BCUT2D eigenvalue weighted by Crippen LogP contribution is -2.30. The van der Waals surface area contributed by atoms with Crippen LogP contribution in [0.5, 0.6) is 0 Å². The molecule has 2 aromatic heterocycles. The Morgan fingerprint density at radius 1 is 0.811 bits per heavy atom. The number of ether oxygens (including phenoxy) is 1. The summed E-state index contributed by atoms with van der Waals surface area (Å²) < 4.78 is 8.77. The summed E-state index contributed by atoms with van der Waals surface area (Å²) in [6.45, 7) is 8.32. The topological polar surface area (TPSA) is 34.0 Å². The smallest absolute Gasteiger partial charge is 0.340 e. The molecule has 0 fully saturated rings. The number of anilines is 1. The molecule has 0 radical (unpaired) electrons. The fraction of sp³-hybridized carbons (Fsp3) is 0.182. The minimum atomic E-state index is -1.08. The molecule has 1 aliphatic rings. The second kappa shape index (κ2) is 8.97. The molecule has 0 spiro atoms. The molecule has 6 rings (SSSR count). The lowest BCUT2D eigenvalue weighted by atomic mass is 9.77. The normalized spacial score (nSPS) is 16.6. The SMILES string of the molecule is CCN(CC)c1ccc(C2(c3c(-c4ccccc4)c(C)n4ccccc34)OC(=O)c3ccccc32)cc1. The summed E-state index contributed by atoms with van der Waals surface area (Å²) >= 11 is 0. The van der Waals surface area contributed by atoms with E-state index in [9.17, 15) is 4.79 Å². The highest BCUT2D eigenvalue weighted by Gasteiger charge is 2.51. The summed E-state index contributed by atoms with van der Waals surface area (Å²) in [6.07, 6.45) is 2.08. The number of carbonyl (C=O) groups excluding carboxylic acids is 1. The average molecular weight is 487 g/mol. The maximum atomic E-state index is 13.4. The molecule has 1 unspecified atom stereocenters. The third-order valence-corrected chi connectivity index (χ3v) is 7.68. The molecule has 0 amide bonds. The van der Waals surface area contributed by atoms with Gasteiger partial charge >= 0.3 is 5.97 Å². The highest BCUT2D eigenvalue weighted by atomic mass is 16.6. The van der Waals surface area contributed by atoms with Crippen molar-refractivity contribution < 1.29 is 9.53 Å². The van der Waals surface area contributed by atoms with Crippen LogP contribution in [0.1, 0.15) is 46.6 Å².